The van der Waals surface area contributed by atoms with Crippen molar-refractivity contribution in [1.82, 2.24) is 9.80 Å². The van der Waals surface area contributed by atoms with Crippen molar-refractivity contribution in [2.75, 3.05) is 6.54 Å². The van der Waals surface area contributed by atoms with Gasteiger partial charge in [-0.25, -0.2) is 4.39 Å². The van der Waals surface area contributed by atoms with Gasteiger partial charge in [0.25, 0.3) is 5.91 Å². The lowest BCUT2D eigenvalue weighted by molar-refractivity contribution is -0.134. The van der Waals surface area contributed by atoms with Crippen LogP contribution in [0.15, 0.2) is 58.3 Å². The molecule has 1 aromatic carbocycles. The Morgan fingerprint density at radius 2 is 1.74 bits per heavy atom. The number of carbonyl (C=O) groups excluding carboxylic acids is 2. The molecule has 2 heterocycles. The largest absolute Gasteiger partial charge is 0.464 e. The topological polar surface area (TPSA) is 53.8 Å². The molecule has 0 N–H and O–H groups in total. The van der Waals surface area contributed by atoms with Crippen LogP contribution in [0, 0.1) is 12.7 Å². The predicted octanol–water partition coefficient (Wildman–Crippen LogP) is 5.26. The van der Waals surface area contributed by atoms with E-state index >= 15 is 0 Å². The van der Waals surface area contributed by atoms with Gasteiger partial charge in [0.05, 0.1) is 11.4 Å². The van der Waals surface area contributed by atoms with E-state index < -0.39 is 5.54 Å². The Balaban J connectivity index is 1.84. The Kier molecular flexibility index (Phi) is 6.95. The summed E-state index contributed by atoms with van der Waals surface area (Å²) in [6.45, 7) is 8.04. The first-order chi connectivity index (χ1) is 14.6. The summed E-state index contributed by atoms with van der Waals surface area (Å²) in [6.07, 6.45) is 0. The standard InChI is InChI=1S/C24H27FN2O3S/c1-17-7-12-20(30-17)15-26(14-18-8-10-19(25)11-9-18)22(28)16-27(24(2,3)4)23(29)21-6-5-13-31-21/h5-13H,14-16H2,1-4H3. The fraction of sp³-hybridized carbons (Fsp3) is 0.333. The summed E-state index contributed by atoms with van der Waals surface area (Å²) in [5.41, 5.74) is 0.254. The van der Waals surface area contributed by atoms with Crippen LogP contribution in [0.3, 0.4) is 0 Å². The highest BCUT2D eigenvalue weighted by Gasteiger charge is 2.31. The number of carbonyl (C=O) groups is 2. The van der Waals surface area contributed by atoms with E-state index in [1.54, 1.807) is 28.0 Å². The average molecular weight is 443 g/mol. The fourth-order valence-corrected chi connectivity index (χ4v) is 3.85. The molecule has 3 rings (SSSR count). The normalized spacial score (nSPS) is 11.4. The summed E-state index contributed by atoms with van der Waals surface area (Å²) < 4.78 is 19.0. The van der Waals surface area contributed by atoms with Crippen LogP contribution >= 0.6 is 11.3 Å². The minimum Gasteiger partial charge on any atom is -0.464 e. The Labute approximate surface area is 186 Å². The monoisotopic (exact) mass is 442 g/mol. The number of hydrogen-bond acceptors (Lipinski definition) is 4. The van der Waals surface area contributed by atoms with Gasteiger partial charge in [0.15, 0.2) is 0 Å². The van der Waals surface area contributed by atoms with Crippen LogP contribution in [-0.4, -0.2) is 33.7 Å². The second-order valence-electron chi connectivity index (χ2n) is 8.43. The highest BCUT2D eigenvalue weighted by molar-refractivity contribution is 7.12. The first-order valence-corrected chi connectivity index (χ1v) is 10.9. The molecule has 31 heavy (non-hydrogen) atoms. The summed E-state index contributed by atoms with van der Waals surface area (Å²) in [6, 6.07) is 13.3. The van der Waals surface area contributed by atoms with Crippen molar-refractivity contribution in [1.29, 1.82) is 0 Å². The van der Waals surface area contributed by atoms with E-state index in [1.807, 2.05) is 51.3 Å². The van der Waals surface area contributed by atoms with E-state index in [9.17, 15) is 14.0 Å². The lowest BCUT2D eigenvalue weighted by atomic mass is 10.1. The van der Waals surface area contributed by atoms with E-state index in [2.05, 4.69) is 0 Å². The molecule has 3 aromatic rings. The lowest BCUT2D eigenvalue weighted by Gasteiger charge is -2.36. The molecule has 5 nitrogen and oxygen atoms in total. The molecule has 0 spiro atoms. The van der Waals surface area contributed by atoms with E-state index in [4.69, 9.17) is 4.42 Å². The Bertz CT molecular complexity index is 1020. The summed E-state index contributed by atoms with van der Waals surface area (Å²) in [4.78, 5) is 30.3. The highest BCUT2D eigenvalue weighted by atomic mass is 32.1. The predicted molar refractivity (Wildman–Crippen MR) is 119 cm³/mol. The second-order valence-corrected chi connectivity index (χ2v) is 9.38. The maximum atomic E-state index is 13.4. The number of thiophene rings is 1. The number of amides is 2. The molecule has 0 bridgehead atoms. The van der Waals surface area contributed by atoms with Gasteiger partial charge >= 0.3 is 0 Å². The number of nitrogens with zero attached hydrogens (tertiary/aromatic N) is 2. The zero-order chi connectivity index (χ0) is 22.6. The molecule has 0 fully saturated rings. The molecule has 0 aliphatic heterocycles. The first kappa shape index (κ1) is 22.7. The number of benzene rings is 1. The Morgan fingerprint density at radius 1 is 1.03 bits per heavy atom. The summed E-state index contributed by atoms with van der Waals surface area (Å²) in [5, 5.41) is 1.84. The molecule has 0 aliphatic rings. The zero-order valence-corrected chi connectivity index (χ0v) is 19.0. The number of hydrogen-bond donors (Lipinski definition) is 0. The van der Waals surface area contributed by atoms with Crippen LogP contribution in [0.4, 0.5) is 4.39 Å². The molecule has 0 radical (unpaired) electrons. The molecule has 2 aromatic heterocycles. The Morgan fingerprint density at radius 3 is 2.29 bits per heavy atom. The summed E-state index contributed by atoms with van der Waals surface area (Å²) >= 11 is 1.35. The fourth-order valence-electron chi connectivity index (χ4n) is 3.18. The quantitative estimate of drug-likeness (QED) is 0.502. The van der Waals surface area contributed by atoms with Gasteiger partial charge in [-0.05, 0) is 69.0 Å². The van der Waals surface area contributed by atoms with Crippen LogP contribution < -0.4 is 0 Å². The highest BCUT2D eigenvalue weighted by Crippen LogP contribution is 2.21. The van der Waals surface area contributed by atoms with Crippen molar-refractivity contribution in [2.45, 2.75) is 46.3 Å². The molecule has 7 heteroatoms. The van der Waals surface area contributed by atoms with Crippen LogP contribution in [-0.2, 0) is 17.9 Å². The van der Waals surface area contributed by atoms with Crippen LogP contribution in [0.2, 0.25) is 0 Å². The van der Waals surface area contributed by atoms with Crippen molar-refractivity contribution in [3.05, 3.63) is 81.7 Å². The molecule has 0 atom stereocenters. The third kappa shape index (κ3) is 6.04. The van der Waals surface area contributed by atoms with Crippen molar-refractivity contribution in [3.8, 4) is 0 Å². The third-order valence-corrected chi connectivity index (χ3v) is 5.72. The molecule has 0 unspecified atom stereocenters. The van der Waals surface area contributed by atoms with Crippen molar-refractivity contribution in [2.24, 2.45) is 0 Å². The minimum atomic E-state index is -0.542. The van der Waals surface area contributed by atoms with Gasteiger partial charge in [0, 0.05) is 12.1 Å². The van der Waals surface area contributed by atoms with Gasteiger partial charge in [0.2, 0.25) is 5.91 Å². The zero-order valence-electron chi connectivity index (χ0n) is 18.2. The van der Waals surface area contributed by atoms with Crippen molar-refractivity contribution in [3.63, 3.8) is 0 Å². The number of rotatable bonds is 7. The lowest BCUT2D eigenvalue weighted by Crippen LogP contribution is -2.50. The SMILES string of the molecule is Cc1ccc(CN(Cc2ccc(F)cc2)C(=O)CN(C(=O)c2cccs2)C(C)(C)C)o1. The van der Waals surface area contributed by atoms with Crippen LogP contribution in [0.5, 0.6) is 0 Å². The Hall–Kier alpha value is -2.93. The average Bonchev–Trinajstić information content (AvgIpc) is 3.37. The van der Waals surface area contributed by atoms with Gasteiger partial charge in [-0.2, -0.15) is 0 Å². The van der Waals surface area contributed by atoms with E-state index in [-0.39, 0.29) is 37.3 Å². The van der Waals surface area contributed by atoms with Crippen molar-refractivity contribution >= 4 is 23.2 Å². The van der Waals surface area contributed by atoms with Crippen molar-refractivity contribution < 1.29 is 18.4 Å². The molecule has 164 valence electrons. The number of furan rings is 1. The smallest absolute Gasteiger partial charge is 0.264 e. The van der Waals surface area contributed by atoms with E-state index in [0.29, 0.717) is 10.6 Å². The first-order valence-electron chi connectivity index (χ1n) is 10.1. The summed E-state index contributed by atoms with van der Waals surface area (Å²) in [5.74, 6) is 0.696. The summed E-state index contributed by atoms with van der Waals surface area (Å²) in [7, 11) is 0. The molecule has 0 aliphatic carbocycles. The minimum absolute atomic E-state index is 0.0683. The van der Waals surface area contributed by atoms with Gasteiger partial charge in [-0.15, -0.1) is 11.3 Å². The molecule has 0 saturated carbocycles. The van der Waals surface area contributed by atoms with Gasteiger partial charge in [-0.1, -0.05) is 18.2 Å². The van der Waals surface area contributed by atoms with Crippen LogP contribution in [0.25, 0.3) is 0 Å². The van der Waals surface area contributed by atoms with Gasteiger partial charge in [0.1, 0.15) is 23.9 Å². The molecule has 2 amide bonds. The second kappa shape index (κ2) is 9.47. The van der Waals surface area contributed by atoms with Gasteiger partial charge in [-0.3, -0.25) is 9.59 Å². The van der Waals surface area contributed by atoms with Crippen LogP contribution in [0.1, 0.15) is 47.5 Å². The third-order valence-electron chi connectivity index (χ3n) is 4.86. The molecular formula is C24H27FN2O3S. The maximum absolute atomic E-state index is 13.4. The molecular weight excluding hydrogens is 415 g/mol. The number of aryl methyl sites for hydroxylation is 1. The van der Waals surface area contributed by atoms with Gasteiger partial charge < -0.3 is 14.2 Å². The maximum Gasteiger partial charge on any atom is 0.264 e. The van der Waals surface area contributed by atoms with E-state index in [0.717, 1.165) is 11.3 Å². The van der Waals surface area contributed by atoms with E-state index in [1.165, 1.54) is 23.5 Å². The molecule has 0 saturated heterocycles. The number of halogens is 1.